The maximum Gasteiger partial charge on any atom is 0.119 e. The molecule has 0 fully saturated rings. The highest BCUT2D eigenvalue weighted by molar-refractivity contribution is 6.30. The molecule has 0 atom stereocenters. The summed E-state index contributed by atoms with van der Waals surface area (Å²) in [6.45, 7) is 4.82. The van der Waals surface area contributed by atoms with Crippen LogP contribution in [-0.4, -0.2) is 6.10 Å². The molecular formula is C16H18ClNO. The lowest BCUT2D eigenvalue weighted by molar-refractivity contribution is 0.242. The van der Waals surface area contributed by atoms with Gasteiger partial charge in [-0.2, -0.15) is 0 Å². The Labute approximate surface area is 119 Å². The van der Waals surface area contributed by atoms with Crippen molar-refractivity contribution in [1.29, 1.82) is 0 Å². The van der Waals surface area contributed by atoms with E-state index in [1.165, 1.54) is 5.56 Å². The third-order valence-corrected chi connectivity index (χ3v) is 2.89. The molecule has 100 valence electrons. The first kappa shape index (κ1) is 13.8. The lowest BCUT2D eigenvalue weighted by atomic mass is 10.2. The quantitative estimate of drug-likeness (QED) is 0.851. The highest BCUT2D eigenvalue weighted by Crippen LogP contribution is 2.18. The number of halogens is 1. The molecule has 0 aromatic heterocycles. The van der Waals surface area contributed by atoms with Crippen LogP contribution in [0.25, 0.3) is 0 Å². The molecule has 1 N–H and O–H groups in total. The van der Waals surface area contributed by atoms with Crippen molar-refractivity contribution in [3.05, 3.63) is 59.1 Å². The number of ether oxygens (including phenoxy) is 1. The molecule has 3 heteroatoms. The molecule has 0 saturated carbocycles. The van der Waals surface area contributed by atoms with E-state index in [-0.39, 0.29) is 6.10 Å². The van der Waals surface area contributed by atoms with Gasteiger partial charge in [0, 0.05) is 17.3 Å². The van der Waals surface area contributed by atoms with Crippen LogP contribution in [0.3, 0.4) is 0 Å². The molecular weight excluding hydrogens is 258 g/mol. The van der Waals surface area contributed by atoms with Crippen LogP contribution in [-0.2, 0) is 6.54 Å². The second kappa shape index (κ2) is 6.48. The van der Waals surface area contributed by atoms with Crippen molar-refractivity contribution >= 4 is 17.3 Å². The maximum absolute atomic E-state index is 5.85. The topological polar surface area (TPSA) is 21.3 Å². The lowest BCUT2D eigenvalue weighted by Gasteiger charge is -2.11. The van der Waals surface area contributed by atoms with Crippen LogP contribution in [0.5, 0.6) is 5.75 Å². The zero-order valence-electron chi connectivity index (χ0n) is 11.2. The van der Waals surface area contributed by atoms with Gasteiger partial charge < -0.3 is 10.1 Å². The van der Waals surface area contributed by atoms with E-state index in [9.17, 15) is 0 Å². The number of rotatable bonds is 5. The maximum atomic E-state index is 5.85. The summed E-state index contributed by atoms with van der Waals surface area (Å²) in [6.07, 6.45) is 0.202. The van der Waals surface area contributed by atoms with Crippen LogP contribution in [0.4, 0.5) is 5.69 Å². The number of benzene rings is 2. The highest BCUT2D eigenvalue weighted by atomic mass is 35.5. The van der Waals surface area contributed by atoms with Crippen LogP contribution >= 0.6 is 11.6 Å². The van der Waals surface area contributed by atoms with Gasteiger partial charge in [-0.05, 0) is 55.8 Å². The molecule has 0 spiro atoms. The summed E-state index contributed by atoms with van der Waals surface area (Å²) in [6, 6.07) is 15.8. The van der Waals surface area contributed by atoms with Gasteiger partial charge in [0.25, 0.3) is 0 Å². The lowest BCUT2D eigenvalue weighted by Crippen LogP contribution is -2.05. The molecule has 2 aromatic rings. The first-order valence-electron chi connectivity index (χ1n) is 6.38. The van der Waals surface area contributed by atoms with Crippen LogP contribution in [0.15, 0.2) is 48.5 Å². The predicted octanol–water partition coefficient (Wildman–Crippen LogP) is 4.74. The molecule has 0 aliphatic heterocycles. The Morgan fingerprint density at radius 3 is 2.21 bits per heavy atom. The van der Waals surface area contributed by atoms with E-state index in [2.05, 4.69) is 5.32 Å². The Hall–Kier alpha value is -1.67. The van der Waals surface area contributed by atoms with E-state index in [1.807, 2.05) is 62.4 Å². The third kappa shape index (κ3) is 4.49. The SMILES string of the molecule is CC(C)Oc1ccc(NCc2ccc(Cl)cc2)cc1. The zero-order chi connectivity index (χ0) is 13.7. The summed E-state index contributed by atoms with van der Waals surface area (Å²) < 4.78 is 5.60. The first-order valence-corrected chi connectivity index (χ1v) is 6.76. The third-order valence-electron chi connectivity index (χ3n) is 2.64. The average Bonchev–Trinajstić information content (AvgIpc) is 2.39. The fraction of sp³-hybridized carbons (Fsp3) is 0.250. The largest absolute Gasteiger partial charge is 0.491 e. The van der Waals surface area contributed by atoms with Gasteiger partial charge in [-0.3, -0.25) is 0 Å². The Morgan fingerprint density at radius 1 is 1.00 bits per heavy atom. The average molecular weight is 276 g/mol. The molecule has 0 unspecified atom stereocenters. The number of hydrogen-bond acceptors (Lipinski definition) is 2. The Bertz CT molecular complexity index is 505. The minimum absolute atomic E-state index is 0.202. The number of nitrogens with one attached hydrogen (secondary N) is 1. The van der Waals surface area contributed by atoms with Gasteiger partial charge >= 0.3 is 0 Å². The Morgan fingerprint density at radius 2 is 1.63 bits per heavy atom. The minimum atomic E-state index is 0.202. The smallest absolute Gasteiger partial charge is 0.119 e. The van der Waals surface area contributed by atoms with Gasteiger partial charge in [-0.25, -0.2) is 0 Å². The monoisotopic (exact) mass is 275 g/mol. The van der Waals surface area contributed by atoms with Gasteiger partial charge in [-0.1, -0.05) is 23.7 Å². The van der Waals surface area contributed by atoms with E-state index in [0.29, 0.717) is 0 Å². The summed E-state index contributed by atoms with van der Waals surface area (Å²) in [5, 5.41) is 4.13. The van der Waals surface area contributed by atoms with Gasteiger partial charge in [0.15, 0.2) is 0 Å². The van der Waals surface area contributed by atoms with Crippen LogP contribution < -0.4 is 10.1 Å². The summed E-state index contributed by atoms with van der Waals surface area (Å²) in [5.74, 6) is 0.895. The Kier molecular flexibility index (Phi) is 4.69. The molecule has 2 rings (SSSR count). The van der Waals surface area contributed by atoms with E-state index in [4.69, 9.17) is 16.3 Å². The molecule has 0 radical (unpaired) electrons. The number of anilines is 1. The second-order valence-corrected chi connectivity index (χ2v) is 5.11. The molecule has 2 nitrogen and oxygen atoms in total. The van der Waals surface area contributed by atoms with Crippen LogP contribution in [0, 0.1) is 0 Å². The van der Waals surface area contributed by atoms with E-state index < -0.39 is 0 Å². The first-order chi connectivity index (χ1) is 9.13. The molecule has 0 aliphatic rings. The molecule has 0 heterocycles. The van der Waals surface area contributed by atoms with Crippen molar-refractivity contribution < 1.29 is 4.74 Å². The number of hydrogen-bond donors (Lipinski definition) is 1. The van der Waals surface area contributed by atoms with Gasteiger partial charge in [0.2, 0.25) is 0 Å². The standard InChI is InChI=1S/C16H18ClNO/c1-12(2)19-16-9-7-15(8-10-16)18-11-13-3-5-14(17)6-4-13/h3-10,12,18H,11H2,1-2H3. The molecule has 0 aliphatic carbocycles. The van der Waals surface area contributed by atoms with Crippen molar-refractivity contribution in [2.45, 2.75) is 26.5 Å². The van der Waals surface area contributed by atoms with Crippen molar-refractivity contribution in [3.63, 3.8) is 0 Å². The van der Waals surface area contributed by atoms with E-state index in [0.717, 1.165) is 23.0 Å². The van der Waals surface area contributed by atoms with Gasteiger partial charge in [0.1, 0.15) is 5.75 Å². The second-order valence-electron chi connectivity index (χ2n) is 4.67. The molecule has 19 heavy (non-hydrogen) atoms. The summed E-state index contributed by atoms with van der Waals surface area (Å²) in [5.41, 5.74) is 2.28. The Balaban J connectivity index is 1.91. The van der Waals surface area contributed by atoms with Crippen LogP contribution in [0.2, 0.25) is 5.02 Å². The summed E-state index contributed by atoms with van der Waals surface area (Å²) in [7, 11) is 0. The van der Waals surface area contributed by atoms with Crippen molar-refractivity contribution in [1.82, 2.24) is 0 Å². The molecule has 0 amide bonds. The normalized spacial score (nSPS) is 10.5. The zero-order valence-corrected chi connectivity index (χ0v) is 11.9. The van der Waals surface area contributed by atoms with Crippen LogP contribution in [0.1, 0.15) is 19.4 Å². The van der Waals surface area contributed by atoms with Crippen molar-refractivity contribution in [3.8, 4) is 5.75 Å². The highest BCUT2D eigenvalue weighted by Gasteiger charge is 1.98. The fourth-order valence-electron chi connectivity index (χ4n) is 1.73. The molecule has 0 saturated heterocycles. The van der Waals surface area contributed by atoms with Gasteiger partial charge in [0.05, 0.1) is 6.10 Å². The molecule has 2 aromatic carbocycles. The summed E-state index contributed by atoms with van der Waals surface area (Å²) in [4.78, 5) is 0. The van der Waals surface area contributed by atoms with Gasteiger partial charge in [-0.15, -0.1) is 0 Å². The summed E-state index contributed by atoms with van der Waals surface area (Å²) >= 11 is 5.85. The predicted molar refractivity (Wildman–Crippen MR) is 81.0 cm³/mol. The minimum Gasteiger partial charge on any atom is -0.491 e. The van der Waals surface area contributed by atoms with E-state index in [1.54, 1.807) is 0 Å². The van der Waals surface area contributed by atoms with E-state index >= 15 is 0 Å². The van der Waals surface area contributed by atoms with Crippen molar-refractivity contribution in [2.24, 2.45) is 0 Å². The molecule has 0 bridgehead atoms. The fourth-order valence-corrected chi connectivity index (χ4v) is 1.86. The van der Waals surface area contributed by atoms with Crippen molar-refractivity contribution in [2.75, 3.05) is 5.32 Å².